The number of ether oxygens (including phenoxy) is 1. The summed E-state index contributed by atoms with van der Waals surface area (Å²) in [6.07, 6.45) is 1.97. The summed E-state index contributed by atoms with van der Waals surface area (Å²) in [6, 6.07) is 18.8. The van der Waals surface area contributed by atoms with E-state index in [2.05, 4.69) is 25.2 Å². The van der Waals surface area contributed by atoms with Gasteiger partial charge in [0.05, 0.1) is 17.7 Å². The molecule has 10 heteroatoms. The van der Waals surface area contributed by atoms with Gasteiger partial charge in [-0.15, -0.1) is 0 Å². The van der Waals surface area contributed by atoms with Gasteiger partial charge in [-0.1, -0.05) is 35.9 Å². The maximum Gasteiger partial charge on any atom is 0.243 e. The largest absolute Gasteiger partial charge is 0.494 e. The van der Waals surface area contributed by atoms with Crippen molar-refractivity contribution in [3.8, 4) is 5.75 Å². The van der Waals surface area contributed by atoms with Crippen molar-refractivity contribution in [1.82, 2.24) is 15.0 Å². The number of rotatable bonds is 9. The second kappa shape index (κ2) is 11.5. The second-order valence-corrected chi connectivity index (χ2v) is 11.4. The number of anilines is 2. The van der Waals surface area contributed by atoms with Crippen molar-refractivity contribution >= 4 is 38.2 Å². The average molecular weight is 548 g/mol. The predicted octanol–water partition coefficient (Wildman–Crippen LogP) is 3.42. The molecule has 0 saturated carbocycles. The number of amides is 1. The first kappa shape index (κ1) is 26.7. The minimum Gasteiger partial charge on any atom is -0.494 e. The van der Waals surface area contributed by atoms with Gasteiger partial charge >= 0.3 is 0 Å². The molecule has 0 spiro atoms. The zero-order chi connectivity index (χ0) is 27.4. The number of H-pyrrole nitrogens is 1. The SMILES string of the molecule is COc1cc(N2CCNCC2)ccc1NC(=O)[C@H](Cc1c[nH]c2ccccc12)NS(=O)(=O)c1ccc(C)cc1. The number of para-hydroxylation sites is 1. The Balaban J connectivity index is 1.43. The molecule has 1 fully saturated rings. The van der Waals surface area contributed by atoms with Crippen LogP contribution in [0, 0.1) is 6.92 Å². The summed E-state index contributed by atoms with van der Waals surface area (Å²) in [5.74, 6) is 0.0239. The molecule has 1 saturated heterocycles. The maximum absolute atomic E-state index is 13.7. The summed E-state index contributed by atoms with van der Waals surface area (Å²) < 4.78 is 34.9. The maximum atomic E-state index is 13.7. The van der Waals surface area contributed by atoms with Crippen molar-refractivity contribution in [2.24, 2.45) is 0 Å². The Morgan fingerprint density at radius 3 is 2.54 bits per heavy atom. The number of aromatic amines is 1. The van der Waals surface area contributed by atoms with Crippen molar-refractivity contribution in [3.05, 3.63) is 84.1 Å². The number of nitrogens with one attached hydrogen (secondary N) is 4. The van der Waals surface area contributed by atoms with Gasteiger partial charge in [-0.25, -0.2) is 8.42 Å². The number of aromatic nitrogens is 1. The van der Waals surface area contributed by atoms with Crippen LogP contribution in [0.3, 0.4) is 0 Å². The van der Waals surface area contributed by atoms with Crippen LogP contribution in [-0.4, -0.2) is 58.6 Å². The fourth-order valence-electron chi connectivity index (χ4n) is 4.80. The normalized spacial score (nSPS) is 14.8. The molecule has 1 aliphatic heterocycles. The molecule has 0 bridgehead atoms. The van der Waals surface area contributed by atoms with Crippen molar-refractivity contribution in [3.63, 3.8) is 0 Å². The van der Waals surface area contributed by atoms with E-state index in [1.807, 2.05) is 49.5 Å². The fourth-order valence-corrected chi connectivity index (χ4v) is 6.00. The molecule has 1 atom stereocenters. The van der Waals surface area contributed by atoms with Gasteiger partial charge in [0.25, 0.3) is 0 Å². The third-order valence-corrected chi connectivity index (χ3v) is 8.46. The lowest BCUT2D eigenvalue weighted by Gasteiger charge is -2.30. The Kier molecular flexibility index (Phi) is 7.87. The number of hydrogen-bond acceptors (Lipinski definition) is 6. The number of sulfonamides is 1. The first-order valence-corrected chi connectivity index (χ1v) is 14.4. The van der Waals surface area contributed by atoms with Gasteiger partial charge in [-0.2, -0.15) is 4.72 Å². The molecule has 2 heterocycles. The monoisotopic (exact) mass is 547 g/mol. The first-order chi connectivity index (χ1) is 18.8. The van der Waals surface area contributed by atoms with E-state index in [9.17, 15) is 13.2 Å². The molecule has 1 amide bonds. The highest BCUT2D eigenvalue weighted by atomic mass is 32.2. The van der Waals surface area contributed by atoms with Crippen molar-refractivity contribution in [2.45, 2.75) is 24.3 Å². The van der Waals surface area contributed by atoms with Gasteiger partial charge in [0.15, 0.2) is 0 Å². The Morgan fingerprint density at radius 1 is 1.05 bits per heavy atom. The molecule has 4 N–H and O–H groups in total. The molecule has 1 aliphatic rings. The van der Waals surface area contributed by atoms with Crippen LogP contribution in [0.2, 0.25) is 0 Å². The van der Waals surface area contributed by atoms with Gasteiger partial charge in [0, 0.05) is 55.0 Å². The molecule has 0 radical (unpaired) electrons. The second-order valence-electron chi connectivity index (χ2n) is 9.66. The van der Waals surface area contributed by atoms with Gasteiger partial charge in [-0.05, 0) is 49.2 Å². The number of carbonyl (C=O) groups is 1. The van der Waals surface area contributed by atoms with Crippen LogP contribution in [0.4, 0.5) is 11.4 Å². The van der Waals surface area contributed by atoms with E-state index in [0.29, 0.717) is 11.4 Å². The number of carbonyl (C=O) groups excluding carboxylic acids is 1. The number of piperazine rings is 1. The molecular weight excluding hydrogens is 514 g/mol. The van der Waals surface area contributed by atoms with Crippen LogP contribution in [0.1, 0.15) is 11.1 Å². The number of benzene rings is 3. The molecule has 4 aromatic rings. The van der Waals surface area contributed by atoms with Gasteiger partial charge in [0.1, 0.15) is 11.8 Å². The van der Waals surface area contributed by atoms with Crippen LogP contribution in [-0.2, 0) is 21.2 Å². The lowest BCUT2D eigenvalue weighted by atomic mass is 10.0. The number of aryl methyl sites for hydroxylation is 1. The zero-order valence-electron chi connectivity index (χ0n) is 22.0. The summed E-state index contributed by atoms with van der Waals surface area (Å²) in [5, 5.41) is 7.17. The van der Waals surface area contributed by atoms with E-state index in [4.69, 9.17) is 4.74 Å². The number of nitrogens with zero attached hydrogens (tertiary/aromatic N) is 1. The van der Waals surface area contributed by atoms with Crippen molar-refractivity contribution in [1.29, 1.82) is 0 Å². The predicted molar refractivity (Wildman–Crippen MR) is 154 cm³/mol. The van der Waals surface area contributed by atoms with Crippen LogP contribution in [0.5, 0.6) is 5.75 Å². The highest BCUT2D eigenvalue weighted by Crippen LogP contribution is 2.30. The number of fused-ring (bicyclic) bond motifs is 1. The molecule has 1 aromatic heterocycles. The standard InChI is InChI=1S/C29H33N5O4S/c1-20-7-10-23(11-8-20)39(36,37)33-27(17-21-19-31-25-6-4-3-5-24(21)25)29(35)32-26-12-9-22(18-28(26)38-2)34-15-13-30-14-16-34/h3-12,18-19,27,30-31,33H,13-17H2,1-2H3,(H,32,35)/t27-/m0/s1. The van der Waals surface area contributed by atoms with Crippen LogP contribution in [0.25, 0.3) is 10.9 Å². The van der Waals surface area contributed by atoms with Crippen LogP contribution < -0.4 is 25.0 Å². The zero-order valence-corrected chi connectivity index (χ0v) is 22.8. The van der Waals surface area contributed by atoms with E-state index in [0.717, 1.165) is 53.9 Å². The summed E-state index contributed by atoms with van der Waals surface area (Å²) in [7, 11) is -2.42. The summed E-state index contributed by atoms with van der Waals surface area (Å²) in [5.41, 5.74) is 4.16. The Bertz CT molecular complexity index is 1560. The third kappa shape index (κ3) is 6.08. The molecule has 0 unspecified atom stereocenters. The summed E-state index contributed by atoms with van der Waals surface area (Å²) >= 11 is 0. The van der Waals surface area contributed by atoms with Gasteiger partial charge in [0.2, 0.25) is 15.9 Å². The lowest BCUT2D eigenvalue weighted by molar-refractivity contribution is -0.117. The van der Waals surface area contributed by atoms with E-state index in [1.54, 1.807) is 25.3 Å². The molecule has 204 valence electrons. The Labute approximate surface area is 228 Å². The smallest absolute Gasteiger partial charge is 0.243 e. The summed E-state index contributed by atoms with van der Waals surface area (Å²) in [4.78, 5) is 19.2. The molecule has 5 rings (SSSR count). The van der Waals surface area contributed by atoms with E-state index < -0.39 is 22.0 Å². The first-order valence-electron chi connectivity index (χ1n) is 12.9. The fraction of sp³-hybridized carbons (Fsp3) is 0.276. The number of hydrogen-bond donors (Lipinski definition) is 4. The van der Waals surface area contributed by atoms with E-state index in [-0.39, 0.29) is 11.3 Å². The minimum absolute atomic E-state index is 0.0998. The number of methoxy groups -OCH3 is 1. The lowest BCUT2D eigenvalue weighted by Crippen LogP contribution is -2.45. The minimum atomic E-state index is -3.97. The van der Waals surface area contributed by atoms with Crippen LogP contribution >= 0.6 is 0 Å². The highest BCUT2D eigenvalue weighted by Gasteiger charge is 2.28. The van der Waals surface area contributed by atoms with Gasteiger partial charge < -0.3 is 25.3 Å². The average Bonchev–Trinajstić information content (AvgIpc) is 3.36. The Morgan fingerprint density at radius 2 is 1.79 bits per heavy atom. The molecule has 39 heavy (non-hydrogen) atoms. The van der Waals surface area contributed by atoms with Gasteiger partial charge in [-0.3, -0.25) is 4.79 Å². The quantitative estimate of drug-likeness (QED) is 0.255. The topological polar surface area (TPSA) is 116 Å². The van der Waals surface area contributed by atoms with Crippen LogP contribution in [0.15, 0.2) is 77.8 Å². The van der Waals surface area contributed by atoms with E-state index >= 15 is 0 Å². The molecule has 0 aliphatic carbocycles. The molecule has 3 aromatic carbocycles. The van der Waals surface area contributed by atoms with Crippen molar-refractivity contribution < 1.29 is 17.9 Å². The van der Waals surface area contributed by atoms with Crippen molar-refractivity contribution in [2.75, 3.05) is 43.5 Å². The molecular formula is C29H33N5O4S. The molecule has 9 nitrogen and oxygen atoms in total. The van der Waals surface area contributed by atoms with E-state index in [1.165, 1.54) is 12.1 Å². The third-order valence-electron chi connectivity index (χ3n) is 6.97. The Hall–Kier alpha value is -3.86. The summed E-state index contributed by atoms with van der Waals surface area (Å²) in [6.45, 7) is 5.44. The highest BCUT2D eigenvalue weighted by molar-refractivity contribution is 7.89.